The standard InChI is InChI=1S/C19H28O5/c1-10-6-13-8-15(12(3)19(24)16(13)9-18(10)23)17(22)5-4-14(21)7-11(2)20/h10,12-13,15-16,18,23H,4-9H2,1-3H3. The first-order chi connectivity index (χ1) is 11.2. The molecule has 2 saturated carbocycles. The van der Waals surface area contributed by atoms with Crippen molar-refractivity contribution in [2.24, 2.45) is 29.6 Å². The van der Waals surface area contributed by atoms with Crippen molar-refractivity contribution in [1.29, 1.82) is 0 Å². The van der Waals surface area contributed by atoms with Gasteiger partial charge in [-0.25, -0.2) is 0 Å². The maximum absolute atomic E-state index is 12.6. The molecule has 0 saturated heterocycles. The number of Topliss-reactive ketones (excluding diaryl/α,β-unsaturated/α-hetero) is 4. The van der Waals surface area contributed by atoms with Gasteiger partial charge in [0.05, 0.1) is 12.5 Å². The molecule has 0 radical (unpaired) electrons. The highest BCUT2D eigenvalue weighted by Crippen LogP contribution is 2.45. The SMILES string of the molecule is CC(=O)CC(=O)CCC(=O)C1CC2CC(C)C(O)CC2C(=O)C1C. The number of aliphatic hydroxyl groups is 1. The highest BCUT2D eigenvalue weighted by molar-refractivity contribution is 6.00. The Morgan fingerprint density at radius 2 is 1.75 bits per heavy atom. The molecule has 0 aromatic carbocycles. The van der Waals surface area contributed by atoms with Crippen LogP contribution in [0.3, 0.4) is 0 Å². The zero-order valence-corrected chi connectivity index (χ0v) is 14.8. The molecule has 2 fully saturated rings. The van der Waals surface area contributed by atoms with Crippen molar-refractivity contribution in [3.63, 3.8) is 0 Å². The van der Waals surface area contributed by atoms with E-state index in [-0.39, 0.29) is 72.0 Å². The fraction of sp³-hybridized carbons (Fsp3) is 0.789. The summed E-state index contributed by atoms with van der Waals surface area (Å²) in [6.07, 6.45) is 1.60. The number of fused-ring (bicyclic) bond motifs is 1. The van der Waals surface area contributed by atoms with Gasteiger partial charge in [-0.2, -0.15) is 0 Å². The number of rotatable bonds is 6. The van der Waals surface area contributed by atoms with E-state index in [1.807, 2.05) is 6.92 Å². The average Bonchev–Trinajstić information content (AvgIpc) is 2.50. The van der Waals surface area contributed by atoms with Crippen LogP contribution in [0.2, 0.25) is 0 Å². The summed E-state index contributed by atoms with van der Waals surface area (Å²) in [7, 11) is 0. The zero-order chi connectivity index (χ0) is 18.0. The summed E-state index contributed by atoms with van der Waals surface area (Å²) in [6.45, 7) is 5.14. The highest BCUT2D eigenvalue weighted by Gasteiger charge is 2.47. The van der Waals surface area contributed by atoms with Crippen molar-refractivity contribution in [2.45, 2.75) is 65.4 Å². The lowest BCUT2D eigenvalue weighted by Crippen LogP contribution is -2.47. The lowest BCUT2D eigenvalue weighted by atomic mass is 9.59. The van der Waals surface area contributed by atoms with Gasteiger partial charge in [0.25, 0.3) is 0 Å². The molecule has 0 aliphatic heterocycles. The van der Waals surface area contributed by atoms with Gasteiger partial charge >= 0.3 is 0 Å². The summed E-state index contributed by atoms with van der Waals surface area (Å²) in [4.78, 5) is 47.7. The Balaban J connectivity index is 1.98. The van der Waals surface area contributed by atoms with Gasteiger partial charge in [-0.05, 0) is 38.0 Å². The van der Waals surface area contributed by atoms with E-state index in [1.54, 1.807) is 6.92 Å². The van der Waals surface area contributed by atoms with Gasteiger partial charge in [-0.15, -0.1) is 0 Å². The van der Waals surface area contributed by atoms with E-state index in [2.05, 4.69) is 0 Å². The molecule has 5 nitrogen and oxygen atoms in total. The van der Waals surface area contributed by atoms with Gasteiger partial charge in [-0.1, -0.05) is 13.8 Å². The van der Waals surface area contributed by atoms with Crippen LogP contribution in [0.4, 0.5) is 0 Å². The molecule has 0 amide bonds. The minimum absolute atomic E-state index is 0.0371. The Morgan fingerprint density at radius 1 is 1.08 bits per heavy atom. The Morgan fingerprint density at radius 3 is 2.38 bits per heavy atom. The van der Waals surface area contributed by atoms with Crippen LogP contribution >= 0.6 is 0 Å². The summed E-state index contributed by atoms with van der Waals surface area (Å²) in [5, 5.41) is 10.0. The maximum atomic E-state index is 12.6. The molecule has 2 aliphatic rings. The second kappa shape index (κ2) is 7.68. The first-order valence-corrected chi connectivity index (χ1v) is 8.96. The summed E-state index contributed by atoms with van der Waals surface area (Å²) >= 11 is 0. The van der Waals surface area contributed by atoms with Crippen LogP contribution in [0.5, 0.6) is 0 Å². The summed E-state index contributed by atoms with van der Waals surface area (Å²) in [6, 6.07) is 0. The normalized spacial score (nSPS) is 36.1. The molecule has 0 aromatic rings. The van der Waals surface area contributed by atoms with Gasteiger partial charge in [0, 0.05) is 30.6 Å². The predicted octanol–water partition coefficient (Wildman–Crippen LogP) is 2.13. The topological polar surface area (TPSA) is 88.5 Å². The van der Waals surface area contributed by atoms with Gasteiger partial charge in [-0.3, -0.25) is 19.2 Å². The number of hydrogen-bond donors (Lipinski definition) is 1. The van der Waals surface area contributed by atoms with E-state index in [1.165, 1.54) is 6.92 Å². The first kappa shape index (κ1) is 19.0. The Hall–Kier alpha value is -1.36. The fourth-order valence-electron chi connectivity index (χ4n) is 4.38. The molecule has 0 bridgehead atoms. The number of ketones is 4. The van der Waals surface area contributed by atoms with Crippen LogP contribution in [-0.2, 0) is 19.2 Å². The van der Waals surface area contributed by atoms with Crippen LogP contribution < -0.4 is 0 Å². The molecule has 24 heavy (non-hydrogen) atoms. The molecule has 2 rings (SSSR count). The van der Waals surface area contributed by atoms with Crippen molar-refractivity contribution < 1.29 is 24.3 Å². The van der Waals surface area contributed by atoms with Crippen LogP contribution in [0.15, 0.2) is 0 Å². The number of aliphatic hydroxyl groups excluding tert-OH is 1. The van der Waals surface area contributed by atoms with Crippen LogP contribution in [0, 0.1) is 29.6 Å². The van der Waals surface area contributed by atoms with E-state index in [0.717, 1.165) is 6.42 Å². The minimum Gasteiger partial charge on any atom is -0.393 e. The average molecular weight is 336 g/mol. The summed E-state index contributed by atoms with van der Waals surface area (Å²) in [5.41, 5.74) is 0. The fourth-order valence-corrected chi connectivity index (χ4v) is 4.38. The summed E-state index contributed by atoms with van der Waals surface area (Å²) in [5.74, 6) is -0.836. The van der Waals surface area contributed by atoms with E-state index < -0.39 is 6.10 Å². The van der Waals surface area contributed by atoms with Gasteiger partial charge in [0.2, 0.25) is 0 Å². The van der Waals surface area contributed by atoms with Gasteiger partial charge < -0.3 is 5.11 Å². The van der Waals surface area contributed by atoms with Crippen molar-refractivity contribution in [3.8, 4) is 0 Å². The van der Waals surface area contributed by atoms with Crippen LogP contribution in [0.25, 0.3) is 0 Å². The van der Waals surface area contributed by atoms with Crippen molar-refractivity contribution in [3.05, 3.63) is 0 Å². The highest BCUT2D eigenvalue weighted by atomic mass is 16.3. The molecule has 1 N–H and O–H groups in total. The molecular weight excluding hydrogens is 308 g/mol. The van der Waals surface area contributed by atoms with Gasteiger partial charge in [0.15, 0.2) is 0 Å². The van der Waals surface area contributed by atoms with Crippen molar-refractivity contribution in [1.82, 2.24) is 0 Å². The second-order valence-corrected chi connectivity index (χ2v) is 7.80. The van der Waals surface area contributed by atoms with E-state index in [0.29, 0.717) is 12.8 Å². The lowest BCUT2D eigenvalue weighted by molar-refractivity contribution is -0.145. The molecule has 134 valence electrons. The van der Waals surface area contributed by atoms with Crippen LogP contribution in [-0.4, -0.2) is 34.3 Å². The zero-order valence-electron chi connectivity index (χ0n) is 14.8. The third-order valence-corrected chi connectivity index (χ3v) is 5.88. The third kappa shape index (κ3) is 4.18. The van der Waals surface area contributed by atoms with Crippen molar-refractivity contribution in [2.75, 3.05) is 0 Å². The predicted molar refractivity (Wildman–Crippen MR) is 88.2 cm³/mol. The number of hydrogen-bond acceptors (Lipinski definition) is 5. The lowest BCUT2D eigenvalue weighted by Gasteiger charge is -2.44. The number of carbonyl (C=O) groups is 4. The second-order valence-electron chi connectivity index (χ2n) is 7.80. The summed E-state index contributed by atoms with van der Waals surface area (Å²) < 4.78 is 0. The minimum atomic E-state index is -0.432. The van der Waals surface area contributed by atoms with E-state index in [4.69, 9.17) is 0 Å². The van der Waals surface area contributed by atoms with Crippen molar-refractivity contribution >= 4 is 23.1 Å². The smallest absolute Gasteiger partial charge is 0.140 e. The Bertz CT molecular complexity index is 538. The Labute approximate surface area is 143 Å². The molecule has 5 heteroatoms. The Kier molecular flexibility index (Phi) is 6.07. The molecule has 6 atom stereocenters. The largest absolute Gasteiger partial charge is 0.393 e. The van der Waals surface area contributed by atoms with E-state index >= 15 is 0 Å². The van der Waals surface area contributed by atoms with Gasteiger partial charge in [0.1, 0.15) is 23.1 Å². The first-order valence-electron chi connectivity index (χ1n) is 8.96. The van der Waals surface area contributed by atoms with E-state index in [9.17, 15) is 24.3 Å². The monoisotopic (exact) mass is 336 g/mol. The molecule has 2 aliphatic carbocycles. The molecule has 6 unspecified atom stereocenters. The number of carbonyl (C=O) groups excluding carboxylic acids is 4. The molecule has 0 aromatic heterocycles. The quantitative estimate of drug-likeness (QED) is 0.751. The molecule has 0 heterocycles. The molecular formula is C19H28O5. The molecule has 0 spiro atoms. The third-order valence-electron chi connectivity index (χ3n) is 5.88. The maximum Gasteiger partial charge on any atom is 0.140 e. The van der Waals surface area contributed by atoms with Crippen LogP contribution in [0.1, 0.15) is 59.3 Å².